The van der Waals surface area contributed by atoms with Crippen LogP contribution in [0.5, 0.6) is 0 Å². The van der Waals surface area contributed by atoms with Crippen molar-refractivity contribution in [1.82, 2.24) is 5.32 Å². The first-order valence-electron chi connectivity index (χ1n) is 4.19. The highest BCUT2D eigenvalue weighted by Crippen LogP contribution is 2.10. The van der Waals surface area contributed by atoms with Gasteiger partial charge in [0.2, 0.25) is 0 Å². The standard InChI is InChI=1S/C9H17N/c1-8(2)6-9-4-3-5-10-7-9/h6,8,10H,3-5,7H2,1-2H3/b9-6+. The minimum atomic E-state index is 0.717. The number of rotatable bonds is 1. The molecule has 10 heavy (non-hydrogen) atoms. The van der Waals surface area contributed by atoms with Gasteiger partial charge in [-0.1, -0.05) is 25.5 Å². The third kappa shape index (κ3) is 2.53. The topological polar surface area (TPSA) is 12.0 Å². The average molecular weight is 139 g/mol. The van der Waals surface area contributed by atoms with E-state index >= 15 is 0 Å². The van der Waals surface area contributed by atoms with Gasteiger partial charge in [0, 0.05) is 6.54 Å². The average Bonchev–Trinajstić information content (AvgIpc) is 1.88. The largest absolute Gasteiger partial charge is 0.313 e. The van der Waals surface area contributed by atoms with Crippen molar-refractivity contribution in [1.29, 1.82) is 0 Å². The molecular formula is C9H17N. The lowest BCUT2D eigenvalue weighted by Crippen LogP contribution is -2.24. The minimum absolute atomic E-state index is 0.717. The van der Waals surface area contributed by atoms with Crippen molar-refractivity contribution in [3.63, 3.8) is 0 Å². The maximum absolute atomic E-state index is 3.37. The van der Waals surface area contributed by atoms with Crippen LogP contribution in [0, 0.1) is 5.92 Å². The van der Waals surface area contributed by atoms with Crippen LogP contribution in [0.25, 0.3) is 0 Å². The van der Waals surface area contributed by atoms with Crippen molar-refractivity contribution >= 4 is 0 Å². The Balaban J connectivity index is 2.37. The molecule has 1 heterocycles. The van der Waals surface area contributed by atoms with Gasteiger partial charge in [-0.15, -0.1) is 0 Å². The molecule has 0 unspecified atom stereocenters. The molecule has 1 N–H and O–H groups in total. The first-order valence-corrected chi connectivity index (χ1v) is 4.19. The first-order chi connectivity index (χ1) is 4.79. The van der Waals surface area contributed by atoms with Crippen molar-refractivity contribution < 1.29 is 0 Å². The van der Waals surface area contributed by atoms with Gasteiger partial charge in [0.25, 0.3) is 0 Å². The van der Waals surface area contributed by atoms with E-state index in [4.69, 9.17) is 0 Å². The molecule has 1 rings (SSSR count). The van der Waals surface area contributed by atoms with E-state index in [1.807, 2.05) is 0 Å². The Labute approximate surface area is 63.5 Å². The molecule has 0 aromatic heterocycles. The molecule has 0 aromatic rings. The van der Waals surface area contributed by atoms with Crippen molar-refractivity contribution in [2.75, 3.05) is 13.1 Å². The summed E-state index contributed by atoms with van der Waals surface area (Å²) in [5, 5.41) is 3.37. The lowest BCUT2D eigenvalue weighted by Gasteiger charge is -2.15. The van der Waals surface area contributed by atoms with Crippen LogP contribution >= 0.6 is 0 Å². The Bertz CT molecular complexity index is 117. The van der Waals surface area contributed by atoms with Gasteiger partial charge < -0.3 is 5.32 Å². The molecule has 0 radical (unpaired) electrons. The molecule has 1 fully saturated rings. The van der Waals surface area contributed by atoms with Crippen LogP contribution in [0.2, 0.25) is 0 Å². The lowest BCUT2D eigenvalue weighted by molar-refractivity contribution is 0.601. The summed E-state index contributed by atoms with van der Waals surface area (Å²) in [6, 6.07) is 0. The van der Waals surface area contributed by atoms with Crippen LogP contribution in [0.1, 0.15) is 26.7 Å². The van der Waals surface area contributed by atoms with Gasteiger partial charge in [0.15, 0.2) is 0 Å². The highest BCUT2D eigenvalue weighted by Gasteiger charge is 2.03. The van der Waals surface area contributed by atoms with Gasteiger partial charge in [-0.25, -0.2) is 0 Å². The highest BCUT2D eigenvalue weighted by atomic mass is 14.9. The lowest BCUT2D eigenvalue weighted by atomic mass is 10.0. The number of nitrogens with one attached hydrogen (secondary N) is 1. The summed E-state index contributed by atoms with van der Waals surface area (Å²) in [6.07, 6.45) is 5.01. The predicted octanol–water partition coefficient (Wildman–Crippen LogP) is 1.95. The summed E-state index contributed by atoms with van der Waals surface area (Å²) < 4.78 is 0. The summed E-state index contributed by atoms with van der Waals surface area (Å²) >= 11 is 0. The molecule has 0 aliphatic carbocycles. The number of hydrogen-bond acceptors (Lipinski definition) is 1. The van der Waals surface area contributed by atoms with Crippen LogP contribution < -0.4 is 5.32 Å². The van der Waals surface area contributed by atoms with E-state index in [1.54, 1.807) is 5.57 Å². The van der Waals surface area contributed by atoms with Crippen molar-refractivity contribution in [2.24, 2.45) is 5.92 Å². The molecule has 0 spiro atoms. The van der Waals surface area contributed by atoms with E-state index in [9.17, 15) is 0 Å². The van der Waals surface area contributed by atoms with Gasteiger partial charge in [0.05, 0.1) is 0 Å². The molecule has 0 atom stereocenters. The van der Waals surface area contributed by atoms with Crippen molar-refractivity contribution in [3.05, 3.63) is 11.6 Å². The van der Waals surface area contributed by atoms with E-state index in [1.165, 1.54) is 19.4 Å². The highest BCUT2D eigenvalue weighted by molar-refractivity contribution is 5.07. The molecule has 58 valence electrons. The summed E-state index contributed by atoms with van der Waals surface area (Å²) in [7, 11) is 0. The normalized spacial score (nSPS) is 24.1. The smallest absolute Gasteiger partial charge is 0.0164 e. The monoisotopic (exact) mass is 139 g/mol. The van der Waals surface area contributed by atoms with Crippen LogP contribution in [-0.4, -0.2) is 13.1 Å². The molecule has 1 aliphatic rings. The number of allylic oxidation sites excluding steroid dienone is 1. The molecule has 1 heteroatoms. The SMILES string of the molecule is CC(C)/C=C1\CCCNC1. The van der Waals surface area contributed by atoms with Crippen LogP contribution in [0.4, 0.5) is 0 Å². The van der Waals surface area contributed by atoms with Gasteiger partial charge in [-0.2, -0.15) is 0 Å². The Hall–Kier alpha value is -0.300. The molecule has 0 aromatic carbocycles. The molecular weight excluding hydrogens is 122 g/mol. The second-order valence-electron chi connectivity index (χ2n) is 3.35. The predicted molar refractivity (Wildman–Crippen MR) is 45.0 cm³/mol. The molecule has 1 nitrogen and oxygen atoms in total. The van der Waals surface area contributed by atoms with Gasteiger partial charge >= 0.3 is 0 Å². The summed E-state index contributed by atoms with van der Waals surface area (Å²) in [6.45, 7) is 6.80. The van der Waals surface area contributed by atoms with Crippen LogP contribution in [0.3, 0.4) is 0 Å². The molecule has 1 saturated heterocycles. The first kappa shape index (κ1) is 7.80. The summed E-state index contributed by atoms with van der Waals surface area (Å²) in [5.74, 6) is 0.717. The molecule has 1 aliphatic heterocycles. The van der Waals surface area contributed by atoms with Crippen molar-refractivity contribution in [3.8, 4) is 0 Å². The van der Waals surface area contributed by atoms with E-state index in [-0.39, 0.29) is 0 Å². The second-order valence-corrected chi connectivity index (χ2v) is 3.35. The maximum atomic E-state index is 3.37. The fourth-order valence-electron chi connectivity index (χ4n) is 1.39. The number of hydrogen-bond donors (Lipinski definition) is 1. The van der Waals surface area contributed by atoms with Gasteiger partial charge in [-0.3, -0.25) is 0 Å². The van der Waals surface area contributed by atoms with Crippen molar-refractivity contribution in [2.45, 2.75) is 26.7 Å². The zero-order chi connectivity index (χ0) is 7.40. The third-order valence-corrected chi connectivity index (χ3v) is 1.77. The van der Waals surface area contributed by atoms with E-state index in [2.05, 4.69) is 25.2 Å². The van der Waals surface area contributed by atoms with Gasteiger partial charge in [-0.05, 0) is 25.3 Å². The molecule has 0 saturated carbocycles. The van der Waals surface area contributed by atoms with E-state index in [0.717, 1.165) is 12.5 Å². The Morgan fingerprint density at radius 2 is 2.30 bits per heavy atom. The zero-order valence-electron chi connectivity index (χ0n) is 6.98. The zero-order valence-corrected chi connectivity index (χ0v) is 6.98. The third-order valence-electron chi connectivity index (χ3n) is 1.77. The molecule has 0 amide bonds. The van der Waals surface area contributed by atoms with Crippen LogP contribution in [0.15, 0.2) is 11.6 Å². The maximum Gasteiger partial charge on any atom is 0.0164 e. The Morgan fingerprint density at radius 1 is 1.50 bits per heavy atom. The second kappa shape index (κ2) is 3.77. The Kier molecular flexibility index (Phi) is 2.94. The quantitative estimate of drug-likeness (QED) is 0.547. The molecule has 0 bridgehead atoms. The van der Waals surface area contributed by atoms with Crippen LogP contribution in [-0.2, 0) is 0 Å². The van der Waals surface area contributed by atoms with Gasteiger partial charge in [0.1, 0.15) is 0 Å². The fourth-order valence-corrected chi connectivity index (χ4v) is 1.39. The summed E-state index contributed by atoms with van der Waals surface area (Å²) in [5.41, 5.74) is 1.60. The minimum Gasteiger partial charge on any atom is -0.313 e. The number of piperidine rings is 1. The van der Waals surface area contributed by atoms with E-state index in [0.29, 0.717) is 0 Å². The fraction of sp³-hybridized carbons (Fsp3) is 0.778. The summed E-state index contributed by atoms with van der Waals surface area (Å²) in [4.78, 5) is 0. The van der Waals surface area contributed by atoms with E-state index < -0.39 is 0 Å². The Morgan fingerprint density at radius 3 is 2.80 bits per heavy atom.